The average Bonchev–Trinajstić information content (AvgIpc) is 2.33. The maximum atomic E-state index is 5.44. The summed E-state index contributed by atoms with van der Waals surface area (Å²) in [6, 6.07) is 0.777. The predicted molar refractivity (Wildman–Crippen MR) is 34.9 cm³/mol. The average molecular weight is 127 g/mol. The van der Waals surface area contributed by atoms with Crippen LogP contribution in [0.25, 0.3) is 0 Å². The Morgan fingerprint density at radius 2 is 2.11 bits per heavy atom. The third-order valence-electron chi connectivity index (χ3n) is 2.26. The first kappa shape index (κ1) is 5.69. The topological polar surface area (TPSA) is 12.5 Å². The lowest BCUT2D eigenvalue weighted by atomic mass is 10.1. The summed E-state index contributed by atoms with van der Waals surface area (Å²) in [5, 5.41) is 2.17. The fourth-order valence-electron chi connectivity index (χ4n) is 1.77. The molecule has 0 aliphatic carbocycles. The zero-order valence-electron chi connectivity index (χ0n) is 5.68. The summed E-state index contributed by atoms with van der Waals surface area (Å²) < 4.78 is 0. The normalized spacial score (nSPS) is 36.7. The van der Waals surface area contributed by atoms with Gasteiger partial charge in [-0.3, -0.25) is 4.84 Å². The van der Waals surface area contributed by atoms with E-state index in [0.29, 0.717) is 0 Å². The van der Waals surface area contributed by atoms with Crippen LogP contribution in [-0.4, -0.2) is 24.3 Å². The molecule has 2 rings (SSSR count). The highest BCUT2D eigenvalue weighted by atomic mass is 16.7. The second kappa shape index (κ2) is 2.27. The summed E-state index contributed by atoms with van der Waals surface area (Å²) >= 11 is 0. The van der Waals surface area contributed by atoms with Crippen LogP contribution in [0.1, 0.15) is 25.7 Å². The van der Waals surface area contributed by atoms with Gasteiger partial charge in [-0.15, -0.1) is 0 Å². The molecule has 2 aliphatic rings. The fourth-order valence-corrected chi connectivity index (χ4v) is 1.77. The molecule has 0 radical (unpaired) electrons. The van der Waals surface area contributed by atoms with Crippen LogP contribution in [0.3, 0.4) is 0 Å². The lowest BCUT2D eigenvalue weighted by molar-refractivity contribution is -0.192. The number of rotatable bonds is 0. The van der Waals surface area contributed by atoms with Crippen molar-refractivity contribution in [2.75, 3.05) is 13.2 Å². The van der Waals surface area contributed by atoms with Crippen LogP contribution in [0, 0.1) is 0 Å². The summed E-state index contributed by atoms with van der Waals surface area (Å²) in [5.74, 6) is 0. The number of hydroxylamine groups is 2. The first-order valence-corrected chi connectivity index (χ1v) is 3.86. The molecule has 2 nitrogen and oxygen atoms in total. The molecule has 2 fully saturated rings. The molecule has 0 aromatic heterocycles. The van der Waals surface area contributed by atoms with Gasteiger partial charge in [0.15, 0.2) is 0 Å². The molecule has 0 aromatic carbocycles. The molecule has 0 aromatic rings. The van der Waals surface area contributed by atoms with Gasteiger partial charge in [0.1, 0.15) is 0 Å². The zero-order valence-corrected chi connectivity index (χ0v) is 5.68. The molecule has 2 aliphatic heterocycles. The molecule has 9 heavy (non-hydrogen) atoms. The van der Waals surface area contributed by atoms with Gasteiger partial charge in [-0.05, 0) is 25.7 Å². The van der Waals surface area contributed by atoms with Crippen LogP contribution in [-0.2, 0) is 4.84 Å². The summed E-state index contributed by atoms with van der Waals surface area (Å²) in [7, 11) is 0. The largest absolute Gasteiger partial charge is 0.299 e. The van der Waals surface area contributed by atoms with E-state index >= 15 is 0 Å². The van der Waals surface area contributed by atoms with Crippen molar-refractivity contribution in [2.24, 2.45) is 0 Å². The van der Waals surface area contributed by atoms with Crippen molar-refractivity contribution in [1.82, 2.24) is 5.06 Å². The highest BCUT2D eigenvalue weighted by Gasteiger charge is 2.27. The van der Waals surface area contributed by atoms with Gasteiger partial charge in [0.25, 0.3) is 0 Å². The van der Waals surface area contributed by atoms with Crippen molar-refractivity contribution in [2.45, 2.75) is 31.7 Å². The number of hydrogen-bond acceptors (Lipinski definition) is 2. The van der Waals surface area contributed by atoms with E-state index in [2.05, 4.69) is 5.06 Å². The first-order chi connectivity index (χ1) is 4.47. The molecule has 1 unspecified atom stereocenters. The van der Waals surface area contributed by atoms with Crippen molar-refractivity contribution < 1.29 is 4.84 Å². The van der Waals surface area contributed by atoms with Crippen LogP contribution in [0.4, 0.5) is 0 Å². The molecular weight excluding hydrogens is 114 g/mol. The van der Waals surface area contributed by atoms with E-state index in [1.807, 2.05) is 0 Å². The molecule has 0 spiro atoms. The Morgan fingerprint density at radius 1 is 1.22 bits per heavy atom. The summed E-state index contributed by atoms with van der Waals surface area (Å²) in [4.78, 5) is 5.44. The summed E-state index contributed by atoms with van der Waals surface area (Å²) in [6.07, 6.45) is 5.33. The van der Waals surface area contributed by atoms with Gasteiger partial charge in [0, 0.05) is 12.6 Å². The van der Waals surface area contributed by atoms with Gasteiger partial charge in [0.05, 0.1) is 6.61 Å². The van der Waals surface area contributed by atoms with Crippen molar-refractivity contribution >= 4 is 0 Å². The van der Waals surface area contributed by atoms with Gasteiger partial charge < -0.3 is 0 Å². The van der Waals surface area contributed by atoms with Crippen LogP contribution in [0.15, 0.2) is 0 Å². The highest BCUT2D eigenvalue weighted by molar-refractivity contribution is 4.75. The lowest BCUT2D eigenvalue weighted by Crippen LogP contribution is -2.34. The SMILES string of the molecule is C1CON2CCCC2C1. The minimum absolute atomic E-state index is 0.777. The van der Waals surface area contributed by atoms with E-state index in [1.54, 1.807) is 0 Å². The van der Waals surface area contributed by atoms with Crippen molar-refractivity contribution in [3.05, 3.63) is 0 Å². The molecule has 2 saturated heterocycles. The Balaban J connectivity index is 1.97. The van der Waals surface area contributed by atoms with Crippen LogP contribution < -0.4 is 0 Å². The molecular formula is C7H13NO. The minimum Gasteiger partial charge on any atom is -0.299 e. The van der Waals surface area contributed by atoms with E-state index in [0.717, 1.165) is 12.6 Å². The Bertz CT molecular complexity index is 93.1. The van der Waals surface area contributed by atoms with E-state index in [1.165, 1.54) is 32.2 Å². The molecule has 0 amide bonds. The van der Waals surface area contributed by atoms with Crippen molar-refractivity contribution in [3.8, 4) is 0 Å². The standard InChI is InChI=1S/C7H13NO/c1-3-7-4-2-6-9-8(7)5-1/h7H,1-6H2. The van der Waals surface area contributed by atoms with Gasteiger partial charge in [-0.1, -0.05) is 0 Å². The third-order valence-corrected chi connectivity index (χ3v) is 2.26. The summed E-state index contributed by atoms with van der Waals surface area (Å²) in [6.45, 7) is 2.13. The van der Waals surface area contributed by atoms with E-state index in [-0.39, 0.29) is 0 Å². The second-order valence-electron chi connectivity index (χ2n) is 2.91. The molecule has 52 valence electrons. The minimum atomic E-state index is 0.777. The smallest absolute Gasteiger partial charge is 0.0685 e. The quantitative estimate of drug-likeness (QED) is 0.484. The van der Waals surface area contributed by atoms with Gasteiger partial charge >= 0.3 is 0 Å². The van der Waals surface area contributed by atoms with Gasteiger partial charge in [-0.2, -0.15) is 5.06 Å². The van der Waals surface area contributed by atoms with Crippen LogP contribution in [0.5, 0.6) is 0 Å². The van der Waals surface area contributed by atoms with Crippen LogP contribution >= 0.6 is 0 Å². The maximum absolute atomic E-state index is 5.44. The summed E-state index contributed by atoms with van der Waals surface area (Å²) in [5.41, 5.74) is 0. The fraction of sp³-hybridized carbons (Fsp3) is 1.00. The first-order valence-electron chi connectivity index (χ1n) is 3.86. The Hall–Kier alpha value is -0.0800. The number of hydrogen-bond donors (Lipinski definition) is 0. The molecule has 0 bridgehead atoms. The molecule has 2 heterocycles. The molecule has 2 heteroatoms. The van der Waals surface area contributed by atoms with E-state index < -0.39 is 0 Å². The van der Waals surface area contributed by atoms with Crippen molar-refractivity contribution in [1.29, 1.82) is 0 Å². The van der Waals surface area contributed by atoms with Gasteiger partial charge in [0.2, 0.25) is 0 Å². The predicted octanol–water partition coefficient (Wildman–Crippen LogP) is 1.18. The zero-order chi connectivity index (χ0) is 6.10. The third kappa shape index (κ3) is 0.970. The van der Waals surface area contributed by atoms with Gasteiger partial charge in [-0.25, -0.2) is 0 Å². The second-order valence-corrected chi connectivity index (χ2v) is 2.91. The maximum Gasteiger partial charge on any atom is 0.0685 e. The molecule has 0 N–H and O–H groups in total. The Morgan fingerprint density at radius 3 is 3.00 bits per heavy atom. The Kier molecular flexibility index (Phi) is 1.44. The molecule has 0 saturated carbocycles. The Labute approximate surface area is 55.7 Å². The van der Waals surface area contributed by atoms with Crippen LogP contribution in [0.2, 0.25) is 0 Å². The monoisotopic (exact) mass is 127 g/mol. The molecule has 1 atom stereocenters. The number of nitrogens with zero attached hydrogens (tertiary/aromatic N) is 1. The highest BCUT2D eigenvalue weighted by Crippen LogP contribution is 2.24. The van der Waals surface area contributed by atoms with Crippen molar-refractivity contribution in [3.63, 3.8) is 0 Å². The van der Waals surface area contributed by atoms with E-state index in [9.17, 15) is 0 Å². The van der Waals surface area contributed by atoms with E-state index in [4.69, 9.17) is 4.84 Å². The lowest BCUT2D eigenvalue weighted by Gasteiger charge is -2.28. The number of fused-ring (bicyclic) bond motifs is 1.